The number of thioether (sulfide) groups is 1. The molecule has 0 spiro atoms. The van der Waals surface area contributed by atoms with E-state index in [0.717, 1.165) is 16.7 Å². The zero-order chi connectivity index (χ0) is 26.6. The van der Waals surface area contributed by atoms with Crippen LogP contribution in [0.5, 0.6) is 0 Å². The maximum atomic E-state index is 13.5. The Morgan fingerprint density at radius 3 is 2.53 bits per heavy atom. The summed E-state index contributed by atoms with van der Waals surface area (Å²) in [5.74, 6) is -1.09. The Hall–Kier alpha value is -4.17. The molecule has 8 heteroatoms. The molecule has 1 amide bonds. The molecule has 2 aliphatic rings. The average Bonchev–Trinajstić information content (AvgIpc) is 3.31. The molecule has 6 nitrogen and oxygen atoms in total. The number of halogens is 1. The van der Waals surface area contributed by atoms with Gasteiger partial charge in [-0.3, -0.25) is 4.79 Å². The highest BCUT2D eigenvalue weighted by Crippen LogP contribution is 2.47. The summed E-state index contributed by atoms with van der Waals surface area (Å²) in [5, 5.41) is 5.38. The maximum Gasteiger partial charge on any atom is 0.338 e. The topological polar surface area (TPSA) is 71.0 Å². The van der Waals surface area contributed by atoms with Gasteiger partial charge in [0.2, 0.25) is 5.91 Å². The Bertz CT molecular complexity index is 1470. The van der Waals surface area contributed by atoms with Crippen LogP contribution in [0.25, 0.3) is 5.70 Å². The van der Waals surface area contributed by atoms with Gasteiger partial charge in [-0.25, -0.2) is 14.2 Å². The number of carbonyl (C=O) groups excluding carboxylic acids is 2. The number of esters is 1. The molecule has 2 heterocycles. The second kappa shape index (κ2) is 11.1. The van der Waals surface area contributed by atoms with Crippen LogP contribution < -0.4 is 5.32 Å². The third kappa shape index (κ3) is 5.26. The van der Waals surface area contributed by atoms with Crippen molar-refractivity contribution in [2.24, 2.45) is 4.99 Å². The van der Waals surface area contributed by atoms with Gasteiger partial charge in [0.05, 0.1) is 30.3 Å². The number of nitrogens with one attached hydrogen (secondary N) is 1. The summed E-state index contributed by atoms with van der Waals surface area (Å²) in [6.45, 7) is 3.99. The fourth-order valence-electron chi connectivity index (χ4n) is 4.55. The molecule has 0 saturated carbocycles. The van der Waals surface area contributed by atoms with E-state index in [-0.39, 0.29) is 24.8 Å². The average molecular weight is 528 g/mol. The predicted octanol–water partition coefficient (Wildman–Crippen LogP) is 6.44. The van der Waals surface area contributed by atoms with Crippen LogP contribution in [-0.2, 0) is 14.3 Å². The molecule has 0 unspecified atom stereocenters. The third-order valence-electron chi connectivity index (χ3n) is 6.18. The highest BCUT2D eigenvalue weighted by molar-refractivity contribution is 8.16. The molecule has 3 aromatic carbocycles. The lowest BCUT2D eigenvalue weighted by molar-refractivity contribution is -0.139. The number of nitrogens with zero attached hydrogens (tertiary/aromatic N) is 2. The number of rotatable bonds is 7. The van der Waals surface area contributed by atoms with Crippen LogP contribution in [0.3, 0.4) is 0 Å². The molecule has 3 aromatic rings. The van der Waals surface area contributed by atoms with Crippen molar-refractivity contribution in [3.05, 3.63) is 118 Å². The van der Waals surface area contributed by atoms with Crippen molar-refractivity contribution >= 4 is 40.2 Å². The molecule has 0 aliphatic carbocycles. The molecule has 0 saturated heterocycles. The SMILES string of the molecule is CCOC(=O)C1=C(c2ccccc2)N=C2SC=C(CC(=O)Nc3ccc(F)cc3)N2[C@H]1c1cccc(C)c1. The maximum absolute atomic E-state index is 13.5. The van der Waals surface area contributed by atoms with Crippen LogP contribution in [0.2, 0.25) is 0 Å². The number of amidine groups is 1. The first kappa shape index (κ1) is 25.5. The van der Waals surface area contributed by atoms with Crippen LogP contribution in [0.15, 0.2) is 101 Å². The summed E-state index contributed by atoms with van der Waals surface area (Å²) in [6.07, 6.45) is 0.0441. The van der Waals surface area contributed by atoms with E-state index in [9.17, 15) is 14.0 Å². The second-order valence-corrected chi connectivity index (χ2v) is 9.73. The van der Waals surface area contributed by atoms with Gasteiger partial charge in [0.15, 0.2) is 5.17 Å². The molecule has 0 fully saturated rings. The van der Waals surface area contributed by atoms with Crippen LogP contribution in [0.4, 0.5) is 10.1 Å². The van der Waals surface area contributed by atoms with Crippen LogP contribution >= 0.6 is 11.8 Å². The number of fused-ring (bicyclic) bond motifs is 1. The van der Waals surface area contributed by atoms with Crippen LogP contribution in [0.1, 0.15) is 36.1 Å². The lowest BCUT2D eigenvalue weighted by Crippen LogP contribution is -2.37. The quantitative estimate of drug-likeness (QED) is 0.358. The molecular formula is C30H26FN3O3S. The Balaban J connectivity index is 1.57. The van der Waals surface area contributed by atoms with Gasteiger partial charge < -0.3 is 15.0 Å². The number of carbonyl (C=O) groups is 2. The minimum absolute atomic E-state index is 0.0441. The van der Waals surface area contributed by atoms with Crippen molar-refractivity contribution < 1.29 is 18.7 Å². The van der Waals surface area contributed by atoms with Crippen molar-refractivity contribution in [1.82, 2.24) is 4.90 Å². The van der Waals surface area contributed by atoms with E-state index in [1.54, 1.807) is 6.92 Å². The van der Waals surface area contributed by atoms with Crippen LogP contribution in [-0.4, -0.2) is 28.6 Å². The van der Waals surface area contributed by atoms with Crippen molar-refractivity contribution in [3.63, 3.8) is 0 Å². The summed E-state index contributed by atoms with van der Waals surface area (Å²) < 4.78 is 18.8. The third-order valence-corrected chi connectivity index (χ3v) is 7.07. The second-order valence-electron chi connectivity index (χ2n) is 8.89. The number of aryl methyl sites for hydroxylation is 1. The standard InChI is InChI=1S/C30H26FN3O3S/c1-3-37-29(36)26-27(20-9-5-4-6-10-20)33-30-34(28(26)21-11-7-8-19(2)16-21)24(18-38-30)17-25(35)32-23-14-12-22(31)13-15-23/h4-16,18,28H,3,17H2,1-2H3,(H,32,35)/t28-/m0/s1. The largest absolute Gasteiger partial charge is 0.463 e. The number of hydrogen-bond acceptors (Lipinski definition) is 6. The summed E-state index contributed by atoms with van der Waals surface area (Å²) in [7, 11) is 0. The number of ether oxygens (including phenoxy) is 1. The smallest absolute Gasteiger partial charge is 0.338 e. The highest BCUT2D eigenvalue weighted by Gasteiger charge is 2.42. The number of hydrogen-bond donors (Lipinski definition) is 1. The summed E-state index contributed by atoms with van der Waals surface area (Å²) in [6, 6.07) is 22.6. The van der Waals surface area contributed by atoms with Gasteiger partial charge in [0.25, 0.3) is 0 Å². The lowest BCUT2D eigenvalue weighted by Gasteiger charge is -2.37. The molecule has 192 valence electrons. The van der Waals surface area contributed by atoms with Crippen molar-refractivity contribution in [2.45, 2.75) is 26.3 Å². The van der Waals surface area contributed by atoms with E-state index < -0.39 is 12.0 Å². The van der Waals surface area contributed by atoms with Crippen molar-refractivity contribution in [1.29, 1.82) is 0 Å². The van der Waals surface area contributed by atoms with E-state index in [2.05, 4.69) is 5.32 Å². The fourth-order valence-corrected chi connectivity index (χ4v) is 5.47. The number of anilines is 1. The van der Waals surface area contributed by atoms with E-state index in [1.165, 1.54) is 36.0 Å². The van der Waals surface area contributed by atoms with E-state index >= 15 is 0 Å². The minimum atomic E-state index is -0.545. The molecular weight excluding hydrogens is 501 g/mol. The first-order chi connectivity index (χ1) is 18.4. The monoisotopic (exact) mass is 527 g/mol. The van der Waals surface area contributed by atoms with Crippen molar-refractivity contribution in [2.75, 3.05) is 11.9 Å². The highest BCUT2D eigenvalue weighted by atomic mass is 32.2. The van der Waals surface area contributed by atoms with Crippen LogP contribution in [0, 0.1) is 12.7 Å². The number of aliphatic imine (C=N–C) groups is 1. The summed E-state index contributed by atoms with van der Waals surface area (Å²) in [5.41, 5.74) is 4.92. The first-order valence-corrected chi connectivity index (χ1v) is 13.1. The van der Waals surface area contributed by atoms with E-state index in [0.29, 0.717) is 27.8 Å². The lowest BCUT2D eigenvalue weighted by atomic mass is 9.90. The predicted molar refractivity (Wildman–Crippen MR) is 149 cm³/mol. The van der Waals surface area contributed by atoms with Gasteiger partial charge in [-0.15, -0.1) is 0 Å². The van der Waals surface area contributed by atoms with Gasteiger partial charge >= 0.3 is 5.97 Å². The minimum Gasteiger partial charge on any atom is -0.463 e. The molecule has 0 radical (unpaired) electrons. The number of benzene rings is 3. The van der Waals surface area contributed by atoms with E-state index in [4.69, 9.17) is 9.73 Å². The number of amides is 1. The Morgan fingerprint density at radius 1 is 1.05 bits per heavy atom. The first-order valence-electron chi connectivity index (χ1n) is 12.3. The van der Waals surface area contributed by atoms with Gasteiger partial charge in [-0.2, -0.15) is 0 Å². The molecule has 38 heavy (non-hydrogen) atoms. The fraction of sp³-hybridized carbons (Fsp3) is 0.167. The molecule has 1 N–H and O–H groups in total. The summed E-state index contributed by atoms with van der Waals surface area (Å²) in [4.78, 5) is 33.4. The normalized spacial score (nSPS) is 16.5. The zero-order valence-electron chi connectivity index (χ0n) is 21.0. The molecule has 5 rings (SSSR count). The molecule has 0 bridgehead atoms. The van der Waals surface area contributed by atoms with E-state index in [1.807, 2.05) is 71.8 Å². The van der Waals surface area contributed by atoms with Gasteiger partial charge in [-0.1, -0.05) is 71.9 Å². The summed E-state index contributed by atoms with van der Waals surface area (Å²) >= 11 is 1.41. The van der Waals surface area contributed by atoms with Gasteiger partial charge in [0, 0.05) is 16.9 Å². The Kier molecular flexibility index (Phi) is 7.42. The van der Waals surface area contributed by atoms with Gasteiger partial charge in [0.1, 0.15) is 5.82 Å². The van der Waals surface area contributed by atoms with Gasteiger partial charge in [-0.05, 0) is 49.1 Å². The van der Waals surface area contributed by atoms with Crippen molar-refractivity contribution in [3.8, 4) is 0 Å². The molecule has 1 atom stereocenters. The Labute approximate surface area is 224 Å². The Morgan fingerprint density at radius 2 is 1.82 bits per heavy atom. The molecule has 2 aliphatic heterocycles. The zero-order valence-corrected chi connectivity index (χ0v) is 21.8. The molecule has 0 aromatic heterocycles.